The normalized spacial score (nSPS) is 25.8. The summed E-state index contributed by atoms with van der Waals surface area (Å²) in [7, 11) is 4.22. The molecule has 0 bridgehead atoms. The first-order valence-corrected chi connectivity index (χ1v) is 8.17. The van der Waals surface area contributed by atoms with Crippen molar-refractivity contribution >= 4 is 21.6 Å². The lowest BCUT2D eigenvalue weighted by molar-refractivity contribution is 0.170. The SMILES string of the molecule is CNC(C)c1ccc(N2CC(C)N(C)C(C)C2)cc1Br. The number of hydrogen-bond acceptors (Lipinski definition) is 3. The Labute approximate surface area is 131 Å². The number of benzene rings is 1. The van der Waals surface area contributed by atoms with Gasteiger partial charge in [-0.1, -0.05) is 22.0 Å². The maximum absolute atomic E-state index is 3.72. The zero-order chi connectivity index (χ0) is 14.9. The molecule has 0 aliphatic carbocycles. The number of nitrogens with one attached hydrogen (secondary N) is 1. The molecule has 4 heteroatoms. The van der Waals surface area contributed by atoms with Gasteiger partial charge in [0.2, 0.25) is 0 Å². The molecular weight excluding hydrogens is 314 g/mol. The van der Waals surface area contributed by atoms with Crippen molar-refractivity contribution in [3.8, 4) is 0 Å². The largest absolute Gasteiger partial charge is 0.368 e. The van der Waals surface area contributed by atoms with Crippen LogP contribution in [0.3, 0.4) is 0 Å². The van der Waals surface area contributed by atoms with Crippen molar-refractivity contribution < 1.29 is 0 Å². The maximum atomic E-state index is 3.72. The third-order valence-corrected chi connectivity index (χ3v) is 5.30. The highest BCUT2D eigenvalue weighted by Crippen LogP contribution is 2.29. The fourth-order valence-corrected chi connectivity index (χ4v) is 3.54. The van der Waals surface area contributed by atoms with Crippen molar-refractivity contribution in [3.63, 3.8) is 0 Å². The van der Waals surface area contributed by atoms with Crippen molar-refractivity contribution in [2.24, 2.45) is 0 Å². The number of halogens is 1. The Balaban J connectivity index is 2.20. The van der Waals surface area contributed by atoms with E-state index < -0.39 is 0 Å². The lowest BCUT2D eigenvalue weighted by Crippen LogP contribution is -2.55. The van der Waals surface area contributed by atoms with E-state index in [0.29, 0.717) is 18.1 Å². The van der Waals surface area contributed by atoms with Crippen LogP contribution < -0.4 is 10.2 Å². The standard InChI is InChI=1S/C16H26BrN3/c1-11-9-20(10-12(2)19(11)5)14-6-7-15(13(3)18-4)16(17)8-14/h6-8,11-13,18H,9-10H2,1-5H3. The van der Waals surface area contributed by atoms with E-state index >= 15 is 0 Å². The summed E-state index contributed by atoms with van der Waals surface area (Å²) in [6.45, 7) is 8.96. The minimum Gasteiger partial charge on any atom is -0.368 e. The van der Waals surface area contributed by atoms with Gasteiger partial charge in [0, 0.05) is 41.4 Å². The zero-order valence-electron chi connectivity index (χ0n) is 13.2. The summed E-state index contributed by atoms with van der Waals surface area (Å²) >= 11 is 3.72. The molecule has 0 aromatic heterocycles. The number of rotatable bonds is 3. The molecule has 3 atom stereocenters. The highest BCUT2D eigenvalue weighted by Gasteiger charge is 2.26. The van der Waals surface area contributed by atoms with Crippen LogP contribution in [-0.4, -0.2) is 44.2 Å². The minimum atomic E-state index is 0.365. The summed E-state index contributed by atoms with van der Waals surface area (Å²) in [5.41, 5.74) is 2.63. The minimum absolute atomic E-state index is 0.365. The maximum Gasteiger partial charge on any atom is 0.0378 e. The van der Waals surface area contributed by atoms with E-state index in [1.54, 1.807) is 0 Å². The van der Waals surface area contributed by atoms with Crippen LogP contribution in [0.4, 0.5) is 5.69 Å². The Hall–Kier alpha value is -0.580. The highest BCUT2D eigenvalue weighted by atomic mass is 79.9. The van der Waals surface area contributed by atoms with Gasteiger partial charge < -0.3 is 10.2 Å². The number of piperazine rings is 1. The first kappa shape index (κ1) is 15.8. The van der Waals surface area contributed by atoms with Crippen molar-refractivity contribution in [1.29, 1.82) is 0 Å². The summed E-state index contributed by atoms with van der Waals surface area (Å²) in [6, 6.07) is 8.28. The molecule has 1 N–H and O–H groups in total. The Bertz CT molecular complexity index is 451. The second-order valence-electron chi connectivity index (χ2n) is 5.98. The molecule has 0 radical (unpaired) electrons. The summed E-state index contributed by atoms with van der Waals surface area (Å²) in [5, 5.41) is 3.29. The fraction of sp³-hybridized carbons (Fsp3) is 0.625. The Morgan fingerprint density at radius 1 is 1.25 bits per heavy atom. The van der Waals surface area contributed by atoms with Crippen molar-refractivity contribution in [2.75, 3.05) is 32.1 Å². The third-order valence-electron chi connectivity index (χ3n) is 4.61. The van der Waals surface area contributed by atoms with E-state index in [1.807, 2.05) is 7.05 Å². The average Bonchev–Trinajstić information content (AvgIpc) is 2.43. The molecule has 1 aromatic rings. The van der Waals surface area contributed by atoms with E-state index in [1.165, 1.54) is 15.7 Å². The van der Waals surface area contributed by atoms with E-state index in [9.17, 15) is 0 Å². The van der Waals surface area contributed by atoms with Crippen molar-refractivity contribution in [2.45, 2.75) is 38.9 Å². The quantitative estimate of drug-likeness (QED) is 0.911. The molecule has 1 heterocycles. The third kappa shape index (κ3) is 3.18. The molecule has 0 saturated carbocycles. The molecule has 2 rings (SSSR count). The first-order valence-electron chi connectivity index (χ1n) is 7.37. The predicted molar refractivity (Wildman–Crippen MR) is 90.5 cm³/mol. The van der Waals surface area contributed by atoms with Gasteiger partial charge in [-0.05, 0) is 52.6 Å². The summed E-state index contributed by atoms with van der Waals surface area (Å²) < 4.78 is 1.19. The van der Waals surface area contributed by atoms with Gasteiger partial charge >= 0.3 is 0 Å². The molecule has 1 aliphatic heterocycles. The summed E-state index contributed by atoms with van der Waals surface area (Å²) in [6.07, 6.45) is 0. The number of hydrogen-bond donors (Lipinski definition) is 1. The first-order chi connectivity index (χ1) is 9.43. The van der Waals surface area contributed by atoms with Gasteiger partial charge in [-0.25, -0.2) is 0 Å². The highest BCUT2D eigenvalue weighted by molar-refractivity contribution is 9.10. The van der Waals surface area contributed by atoms with E-state index in [0.717, 1.165) is 13.1 Å². The number of anilines is 1. The fourth-order valence-electron chi connectivity index (χ4n) is 2.83. The van der Waals surface area contributed by atoms with Crippen LogP contribution >= 0.6 is 15.9 Å². The van der Waals surface area contributed by atoms with E-state index in [2.05, 4.69) is 77.1 Å². The second-order valence-corrected chi connectivity index (χ2v) is 6.84. The Morgan fingerprint density at radius 2 is 1.85 bits per heavy atom. The average molecular weight is 340 g/mol. The molecule has 1 aliphatic rings. The molecule has 112 valence electrons. The number of nitrogens with zero attached hydrogens (tertiary/aromatic N) is 2. The molecule has 20 heavy (non-hydrogen) atoms. The molecule has 1 aromatic carbocycles. The van der Waals surface area contributed by atoms with Gasteiger partial charge in [-0.2, -0.15) is 0 Å². The lowest BCUT2D eigenvalue weighted by atomic mass is 10.1. The van der Waals surface area contributed by atoms with Gasteiger partial charge in [0.25, 0.3) is 0 Å². The summed E-state index contributed by atoms with van der Waals surface area (Å²) in [4.78, 5) is 4.96. The molecule has 3 nitrogen and oxygen atoms in total. The van der Waals surface area contributed by atoms with Gasteiger partial charge in [-0.15, -0.1) is 0 Å². The topological polar surface area (TPSA) is 18.5 Å². The number of likely N-dealkylation sites (N-methyl/N-ethyl adjacent to an activating group) is 1. The zero-order valence-corrected chi connectivity index (χ0v) is 14.7. The molecule has 0 amide bonds. The van der Waals surface area contributed by atoms with E-state index in [4.69, 9.17) is 0 Å². The van der Waals surface area contributed by atoms with E-state index in [-0.39, 0.29) is 0 Å². The van der Waals surface area contributed by atoms with Crippen LogP contribution in [0, 0.1) is 0 Å². The second kappa shape index (κ2) is 6.46. The van der Waals surface area contributed by atoms with Crippen LogP contribution in [0.1, 0.15) is 32.4 Å². The summed E-state index contributed by atoms with van der Waals surface area (Å²) in [5.74, 6) is 0. The molecule has 3 unspecified atom stereocenters. The predicted octanol–water partition coefficient (Wildman–Crippen LogP) is 3.26. The molecule has 0 spiro atoms. The monoisotopic (exact) mass is 339 g/mol. The van der Waals surface area contributed by atoms with Crippen molar-refractivity contribution in [1.82, 2.24) is 10.2 Å². The van der Waals surface area contributed by atoms with Crippen LogP contribution in [0.5, 0.6) is 0 Å². The van der Waals surface area contributed by atoms with Crippen LogP contribution in [0.15, 0.2) is 22.7 Å². The smallest absolute Gasteiger partial charge is 0.0378 e. The van der Waals surface area contributed by atoms with Crippen molar-refractivity contribution in [3.05, 3.63) is 28.2 Å². The Morgan fingerprint density at radius 3 is 2.35 bits per heavy atom. The molecule has 1 fully saturated rings. The van der Waals surface area contributed by atoms with Gasteiger partial charge in [0.1, 0.15) is 0 Å². The van der Waals surface area contributed by atoms with Gasteiger partial charge in [0.05, 0.1) is 0 Å². The molecule has 1 saturated heterocycles. The lowest BCUT2D eigenvalue weighted by Gasteiger charge is -2.43. The van der Waals surface area contributed by atoms with Crippen LogP contribution in [-0.2, 0) is 0 Å². The molecular formula is C16H26BrN3. The van der Waals surface area contributed by atoms with Gasteiger partial charge in [0.15, 0.2) is 0 Å². The van der Waals surface area contributed by atoms with Gasteiger partial charge in [-0.3, -0.25) is 4.90 Å². The van der Waals surface area contributed by atoms with Crippen LogP contribution in [0.2, 0.25) is 0 Å². The Kier molecular flexibility index (Phi) is 5.10. The van der Waals surface area contributed by atoms with Crippen LogP contribution in [0.25, 0.3) is 0 Å².